The Morgan fingerprint density at radius 1 is 0.870 bits per heavy atom. The molecule has 0 amide bonds. The first-order chi connectivity index (χ1) is 11.1. The smallest absolute Gasteiger partial charge is 0.165 e. The fourth-order valence-electron chi connectivity index (χ4n) is 4.16. The number of phenols is 2. The van der Waals surface area contributed by atoms with E-state index in [1.807, 2.05) is 18.2 Å². The number of aliphatic hydroxyl groups is 1. The third kappa shape index (κ3) is 1.63. The van der Waals surface area contributed by atoms with Crippen molar-refractivity contribution in [3.63, 3.8) is 0 Å². The van der Waals surface area contributed by atoms with Crippen molar-refractivity contribution in [1.29, 1.82) is 0 Å². The van der Waals surface area contributed by atoms with Gasteiger partial charge >= 0.3 is 0 Å². The molecule has 0 aromatic heterocycles. The van der Waals surface area contributed by atoms with Crippen LogP contribution in [0, 0.1) is 0 Å². The minimum absolute atomic E-state index is 0.0651. The Labute approximate surface area is 132 Å². The minimum atomic E-state index is -0.279. The molecule has 0 fully saturated rings. The fraction of sp³-hybridized carbons (Fsp3) is 0.200. The van der Waals surface area contributed by atoms with Gasteiger partial charge in [0.1, 0.15) is 0 Å². The van der Waals surface area contributed by atoms with Gasteiger partial charge < -0.3 is 15.3 Å². The average Bonchev–Trinajstić information content (AvgIpc) is 2.56. The highest BCUT2D eigenvalue weighted by molar-refractivity contribution is 6.25. The van der Waals surface area contributed by atoms with Gasteiger partial charge in [-0.25, -0.2) is 0 Å². The predicted molar refractivity (Wildman–Crippen MR) is 91.5 cm³/mol. The number of benzene rings is 4. The van der Waals surface area contributed by atoms with Crippen molar-refractivity contribution in [2.45, 2.75) is 25.4 Å². The number of aromatic hydroxyl groups is 2. The molecule has 4 aromatic rings. The number of hydrogen-bond acceptors (Lipinski definition) is 3. The molecule has 0 spiro atoms. The number of phenolic OH excluding ortho intramolecular Hbond substituents is 2. The van der Waals surface area contributed by atoms with Gasteiger partial charge in [0.2, 0.25) is 0 Å². The molecule has 5 rings (SSSR count). The van der Waals surface area contributed by atoms with Crippen molar-refractivity contribution < 1.29 is 15.3 Å². The maximum Gasteiger partial charge on any atom is 0.165 e. The summed E-state index contributed by atoms with van der Waals surface area (Å²) in [6.07, 6.45) is 2.12. The Bertz CT molecular complexity index is 1080. The van der Waals surface area contributed by atoms with E-state index in [-0.39, 0.29) is 17.6 Å². The monoisotopic (exact) mass is 304 g/mol. The van der Waals surface area contributed by atoms with Gasteiger partial charge in [-0.2, -0.15) is 0 Å². The molecule has 1 aliphatic carbocycles. The Morgan fingerprint density at radius 3 is 2.39 bits per heavy atom. The molecule has 0 saturated heterocycles. The van der Waals surface area contributed by atoms with Gasteiger partial charge in [0.25, 0.3) is 0 Å². The van der Waals surface area contributed by atoms with Gasteiger partial charge in [0.05, 0.1) is 6.10 Å². The minimum Gasteiger partial charge on any atom is -0.504 e. The van der Waals surface area contributed by atoms with Crippen LogP contribution in [0.4, 0.5) is 0 Å². The van der Waals surface area contributed by atoms with E-state index >= 15 is 0 Å². The van der Waals surface area contributed by atoms with Gasteiger partial charge in [-0.15, -0.1) is 0 Å². The first-order valence-corrected chi connectivity index (χ1v) is 7.96. The Balaban J connectivity index is 2.03. The van der Waals surface area contributed by atoms with Crippen molar-refractivity contribution in [2.75, 3.05) is 0 Å². The fourth-order valence-corrected chi connectivity index (χ4v) is 4.16. The van der Waals surface area contributed by atoms with E-state index in [0.717, 1.165) is 39.8 Å². The summed E-state index contributed by atoms with van der Waals surface area (Å²) < 4.78 is 0. The third-order valence-corrected chi connectivity index (χ3v) is 5.24. The molecule has 114 valence electrons. The number of aryl methyl sites for hydroxylation is 1. The zero-order valence-electron chi connectivity index (χ0n) is 12.5. The standard InChI is InChI=1S/C20H16O3/c21-13-4-3-10-7-11-1-2-12-8-17(22)20(23)15-6-5-14(16(10)9-13)18(11)19(12)15/h1-2,5-8,13,21-23H,3-4,9H2. The van der Waals surface area contributed by atoms with Crippen LogP contribution in [-0.4, -0.2) is 21.4 Å². The maximum atomic E-state index is 10.2. The zero-order chi connectivity index (χ0) is 15.7. The molecule has 0 radical (unpaired) electrons. The van der Waals surface area contributed by atoms with Gasteiger partial charge in [0, 0.05) is 10.8 Å². The van der Waals surface area contributed by atoms with Crippen LogP contribution in [-0.2, 0) is 12.8 Å². The normalized spacial score (nSPS) is 18.0. The van der Waals surface area contributed by atoms with E-state index in [1.54, 1.807) is 6.07 Å². The van der Waals surface area contributed by atoms with Gasteiger partial charge in [0.15, 0.2) is 11.5 Å². The molecule has 23 heavy (non-hydrogen) atoms. The molecule has 0 saturated carbocycles. The van der Waals surface area contributed by atoms with E-state index in [9.17, 15) is 15.3 Å². The molecule has 0 heterocycles. The molecule has 3 heteroatoms. The topological polar surface area (TPSA) is 60.7 Å². The average molecular weight is 304 g/mol. The van der Waals surface area contributed by atoms with Crippen LogP contribution in [0.2, 0.25) is 0 Å². The predicted octanol–water partition coefficient (Wildman–Crippen LogP) is 3.84. The van der Waals surface area contributed by atoms with E-state index in [4.69, 9.17) is 0 Å². The molecule has 0 bridgehead atoms. The Morgan fingerprint density at radius 2 is 1.57 bits per heavy atom. The maximum absolute atomic E-state index is 10.2. The lowest BCUT2D eigenvalue weighted by atomic mass is 9.82. The zero-order valence-corrected chi connectivity index (χ0v) is 12.5. The second-order valence-corrected chi connectivity index (χ2v) is 6.58. The van der Waals surface area contributed by atoms with Crippen LogP contribution >= 0.6 is 0 Å². The number of fused-ring (bicyclic) bond motifs is 2. The second kappa shape index (κ2) is 4.27. The SMILES string of the molecule is Oc1cc2ccc3cc4c(c5ccc(c1O)c2c35)CC(O)CC4. The molecule has 4 aromatic carbocycles. The van der Waals surface area contributed by atoms with Crippen LogP contribution in [0.15, 0.2) is 36.4 Å². The highest BCUT2D eigenvalue weighted by Gasteiger charge is 2.22. The summed E-state index contributed by atoms with van der Waals surface area (Å²) in [7, 11) is 0. The first-order valence-electron chi connectivity index (χ1n) is 7.96. The summed E-state index contributed by atoms with van der Waals surface area (Å²) >= 11 is 0. The lowest BCUT2D eigenvalue weighted by Crippen LogP contribution is -2.18. The molecule has 1 unspecified atom stereocenters. The second-order valence-electron chi connectivity index (χ2n) is 6.58. The van der Waals surface area contributed by atoms with Gasteiger partial charge in [-0.05, 0) is 64.1 Å². The molecular formula is C20H16O3. The first kappa shape index (κ1) is 13.0. The number of aliphatic hydroxyl groups excluding tert-OH is 1. The van der Waals surface area contributed by atoms with E-state index in [0.29, 0.717) is 11.8 Å². The third-order valence-electron chi connectivity index (χ3n) is 5.24. The lowest BCUT2D eigenvalue weighted by Gasteiger charge is -2.24. The largest absolute Gasteiger partial charge is 0.504 e. The lowest BCUT2D eigenvalue weighted by molar-refractivity contribution is 0.159. The summed E-state index contributed by atoms with van der Waals surface area (Å²) in [6.45, 7) is 0. The van der Waals surface area contributed by atoms with Crippen LogP contribution in [0.25, 0.3) is 32.3 Å². The quantitative estimate of drug-likeness (QED) is 0.342. The van der Waals surface area contributed by atoms with Crippen LogP contribution in [0.5, 0.6) is 11.5 Å². The molecule has 0 aliphatic heterocycles. The van der Waals surface area contributed by atoms with Gasteiger partial charge in [-0.1, -0.05) is 24.3 Å². The Kier molecular flexibility index (Phi) is 2.41. The van der Waals surface area contributed by atoms with Gasteiger partial charge in [-0.3, -0.25) is 0 Å². The molecule has 1 atom stereocenters. The number of rotatable bonds is 0. The van der Waals surface area contributed by atoms with Crippen molar-refractivity contribution >= 4 is 32.3 Å². The highest BCUT2D eigenvalue weighted by atomic mass is 16.3. The molecule has 3 N–H and O–H groups in total. The summed E-state index contributed by atoms with van der Waals surface area (Å²) in [5.74, 6) is -0.155. The van der Waals surface area contributed by atoms with Crippen molar-refractivity contribution in [3.05, 3.63) is 47.5 Å². The molecular weight excluding hydrogens is 288 g/mol. The summed E-state index contributed by atoms with van der Waals surface area (Å²) in [5, 5.41) is 36.2. The van der Waals surface area contributed by atoms with Crippen molar-refractivity contribution in [1.82, 2.24) is 0 Å². The summed E-state index contributed by atoms with van der Waals surface area (Å²) in [6, 6.07) is 11.8. The summed E-state index contributed by atoms with van der Waals surface area (Å²) in [4.78, 5) is 0. The molecule has 1 aliphatic rings. The van der Waals surface area contributed by atoms with Crippen molar-refractivity contribution in [2.24, 2.45) is 0 Å². The summed E-state index contributed by atoms with van der Waals surface area (Å²) in [5.41, 5.74) is 2.53. The Hall–Kier alpha value is -2.52. The molecule has 3 nitrogen and oxygen atoms in total. The van der Waals surface area contributed by atoms with Crippen LogP contribution in [0.1, 0.15) is 17.5 Å². The number of hydrogen-bond donors (Lipinski definition) is 3. The van der Waals surface area contributed by atoms with Crippen LogP contribution in [0.3, 0.4) is 0 Å². The van der Waals surface area contributed by atoms with Crippen LogP contribution < -0.4 is 0 Å². The van der Waals surface area contributed by atoms with Crippen molar-refractivity contribution in [3.8, 4) is 11.5 Å². The van der Waals surface area contributed by atoms with E-state index in [1.165, 1.54) is 11.1 Å². The van der Waals surface area contributed by atoms with E-state index in [2.05, 4.69) is 12.1 Å². The van der Waals surface area contributed by atoms with E-state index < -0.39 is 0 Å². The highest BCUT2D eigenvalue weighted by Crippen LogP contribution is 2.44.